The molecule has 0 saturated heterocycles. The fourth-order valence-electron chi connectivity index (χ4n) is 3.54. The third-order valence-electron chi connectivity index (χ3n) is 5.05. The summed E-state index contributed by atoms with van der Waals surface area (Å²) in [4.78, 5) is 30.4. The molecule has 8 heteroatoms. The number of nitrogens with two attached hydrogens (primary N) is 1. The molecule has 2 aromatic heterocycles. The van der Waals surface area contributed by atoms with Gasteiger partial charge in [0.2, 0.25) is 0 Å². The maximum absolute atomic E-state index is 13.1. The Morgan fingerprint density at radius 3 is 2.89 bits per heavy atom. The van der Waals surface area contributed by atoms with Crippen molar-refractivity contribution in [2.24, 2.45) is 18.7 Å². The van der Waals surface area contributed by atoms with Gasteiger partial charge in [0.15, 0.2) is 0 Å². The van der Waals surface area contributed by atoms with Crippen LogP contribution in [-0.2, 0) is 18.3 Å². The summed E-state index contributed by atoms with van der Waals surface area (Å²) in [7, 11) is 1.87. The lowest BCUT2D eigenvalue weighted by atomic mass is 9.96. The highest BCUT2D eigenvalue weighted by Gasteiger charge is 2.33. The van der Waals surface area contributed by atoms with Crippen LogP contribution in [0.2, 0.25) is 0 Å². The van der Waals surface area contributed by atoms with Gasteiger partial charge in [-0.3, -0.25) is 19.3 Å². The Hall–Kier alpha value is -2.74. The van der Waals surface area contributed by atoms with Crippen molar-refractivity contribution >= 4 is 11.8 Å². The van der Waals surface area contributed by atoms with E-state index in [1.807, 2.05) is 13.2 Å². The minimum Gasteiger partial charge on any atom is -0.380 e. The minimum atomic E-state index is -0.706. The van der Waals surface area contributed by atoms with Crippen LogP contribution in [0.1, 0.15) is 50.9 Å². The first-order valence-electron chi connectivity index (χ1n) is 9.17. The molecular formula is C19H23N5O3. The van der Waals surface area contributed by atoms with Crippen LogP contribution in [0.3, 0.4) is 0 Å². The first-order valence-corrected chi connectivity index (χ1v) is 9.17. The molecule has 2 aliphatic rings. The van der Waals surface area contributed by atoms with E-state index in [9.17, 15) is 9.59 Å². The molecule has 142 valence electrons. The van der Waals surface area contributed by atoms with Gasteiger partial charge in [0.1, 0.15) is 5.69 Å². The van der Waals surface area contributed by atoms with Crippen LogP contribution >= 0.6 is 0 Å². The molecule has 1 unspecified atom stereocenters. The number of aryl methyl sites for hydroxylation is 1. The zero-order valence-electron chi connectivity index (χ0n) is 15.3. The second kappa shape index (κ2) is 7.11. The highest BCUT2D eigenvalue weighted by atomic mass is 16.5. The smallest absolute Gasteiger partial charge is 0.268 e. The largest absolute Gasteiger partial charge is 0.380 e. The van der Waals surface area contributed by atoms with Crippen molar-refractivity contribution in [1.82, 2.24) is 19.7 Å². The third kappa shape index (κ3) is 3.71. The molecule has 27 heavy (non-hydrogen) atoms. The lowest BCUT2D eigenvalue weighted by Gasteiger charge is -2.32. The van der Waals surface area contributed by atoms with E-state index in [4.69, 9.17) is 10.5 Å². The quantitative estimate of drug-likeness (QED) is 0.821. The molecule has 2 aromatic rings. The number of carbonyl (C=O) groups excluding carboxylic acids is 2. The van der Waals surface area contributed by atoms with Crippen molar-refractivity contribution in [3.8, 4) is 0 Å². The molecular weight excluding hydrogens is 346 g/mol. The Balaban J connectivity index is 1.56. The van der Waals surface area contributed by atoms with Gasteiger partial charge in [-0.1, -0.05) is 0 Å². The number of nitrogens with zero attached hydrogens (tertiary/aromatic N) is 4. The summed E-state index contributed by atoms with van der Waals surface area (Å²) in [6.07, 6.45) is 5.86. The van der Waals surface area contributed by atoms with Crippen LogP contribution in [-0.4, -0.2) is 51.2 Å². The van der Waals surface area contributed by atoms with E-state index in [-0.39, 0.29) is 23.1 Å². The number of aromatic nitrogens is 3. The Bertz CT molecular complexity index is 874. The summed E-state index contributed by atoms with van der Waals surface area (Å²) >= 11 is 0. The number of primary amides is 1. The molecule has 1 saturated carbocycles. The predicted octanol–water partition coefficient (Wildman–Crippen LogP) is 1.08. The lowest BCUT2D eigenvalue weighted by Crippen LogP contribution is -2.40. The molecule has 1 aliphatic heterocycles. The molecule has 0 radical (unpaired) electrons. The molecule has 0 aromatic carbocycles. The van der Waals surface area contributed by atoms with E-state index >= 15 is 0 Å². The molecule has 2 amide bonds. The summed E-state index contributed by atoms with van der Waals surface area (Å²) in [5.41, 5.74) is 7.60. The van der Waals surface area contributed by atoms with E-state index < -0.39 is 5.91 Å². The first-order chi connectivity index (χ1) is 13.0. The number of rotatable bonds is 6. The van der Waals surface area contributed by atoms with Crippen molar-refractivity contribution in [3.63, 3.8) is 0 Å². The first kappa shape index (κ1) is 17.7. The molecule has 1 fully saturated rings. The number of hydrogen-bond donors (Lipinski definition) is 1. The lowest BCUT2D eigenvalue weighted by molar-refractivity contribution is 0.0622. The number of hydrogen-bond acceptors (Lipinski definition) is 5. The standard InChI is InChI=1S/C19H23N5O3/c1-23-7-13-8-24(19(26)15-3-2-6-21-17(15)18(20)25)9-14(16(13)22-23)11-27-10-12-4-5-12/h2-3,6-7,12,14H,4-5,8-11H2,1H3,(H2,20,25). The monoisotopic (exact) mass is 369 g/mol. The summed E-state index contributed by atoms with van der Waals surface area (Å²) in [5, 5.41) is 4.57. The van der Waals surface area contributed by atoms with Gasteiger partial charge in [0.05, 0.1) is 17.9 Å². The second-order valence-electron chi connectivity index (χ2n) is 7.34. The van der Waals surface area contributed by atoms with Crippen molar-refractivity contribution < 1.29 is 14.3 Å². The number of pyridine rings is 1. The summed E-state index contributed by atoms with van der Waals surface area (Å²) < 4.78 is 7.65. The second-order valence-corrected chi connectivity index (χ2v) is 7.34. The normalized spacial score (nSPS) is 19.0. The Morgan fingerprint density at radius 2 is 2.15 bits per heavy atom. The van der Waals surface area contributed by atoms with Gasteiger partial charge in [-0.2, -0.15) is 5.10 Å². The molecule has 2 N–H and O–H groups in total. The van der Waals surface area contributed by atoms with Gasteiger partial charge >= 0.3 is 0 Å². The molecule has 4 rings (SSSR count). The summed E-state index contributed by atoms with van der Waals surface area (Å²) in [5.74, 6) is -0.268. The highest BCUT2D eigenvalue weighted by molar-refractivity contribution is 6.05. The molecule has 8 nitrogen and oxygen atoms in total. The molecule has 0 spiro atoms. The van der Waals surface area contributed by atoms with Crippen LogP contribution in [0.4, 0.5) is 0 Å². The topological polar surface area (TPSA) is 103 Å². The van der Waals surface area contributed by atoms with E-state index in [1.54, 1.807) is 21.7 Å². The maximum atomic E-state index is 13.1. The van der Waals surface area contributed by atoms with Gasteiger partial charge in [0, 0.05) is 50.6 Å². The number of fused-ring (bicyclic) bond motifs is 1. The highest BCUT2D eigenvalue weighted by Crippen LogP contribution is 2.31. The average Bonchev–Trinajstić information content (AvgIpc) is 3.40. The van der Waals surface area contributed by atoms with E-state index in [0.29, 0.717) is 25.6 Å². The zero-order valence-corrected chi connectivity index (χ0v) is 15.3. The number of amides is 2. The Labute approximate surface area is 157 Å². The van der Waals surface area contributed by atoms with Crippen molar-refractivity contribution in [1.29, 1.82) is 0 Å². The van der Waals surface area contributed by atoms with E-state index in [1.165, 1.54) is 19.0 Å². The van der Waals surface area contributed by atoms with Gasteiger partial charge in [0.25, 0.3) is 11.8 Å². The number of ether oxygens (including phenoxy) is 1. The van der Waals surface area contributed by atoms with Gasteiger partial charge in [-0.05, 0) is 30.9 Å². The van der Waals surface area contributed by atoms with Crippen LogP contribution in [0, 0.1) is 5.92 Å². The third-order valence-corrected chi connectivity index (χ3v) is 5.05. The summed E-state index contributed by atoms with van der Waals surface area (Å²) in [6.45, 7) is 2.22. The van der Waals surface area contributed by atoms with Crippen molar-refractivity contribution in [3.05, 3.63) is 47.0 Å². The van der Waals surface area contributed by atoms with Gasteiger partial charge in [-0.15, -0.1) is 0 Å². The summed E-state index contributed by atoms with van der Waals surface area (Å²) in [6, 6.07) is 3.22. The minimum absolute atomic E-state index is 0.000942. The zero-order chi connectivity index (χ0) is 19.0. The fraction of sp³-hybridized carbons (Fsp3) is 0.474. The SMILES string of the molecule is Cn1cc2c(n1)C(COCC1CC1)CN(C(=O)c1cccnc1C(N)=O)C2. The van der Waals surface area contributed by atoms with Crippen LogP contribution in [0.15, 0.2) is 24.5 Å². The van der Waals surface area contributed by atoms with Crippen LogP contribution < -0.4 is 5.73 Å². The fourth-order valence-corrected chi connectivity index (χ4v) is 3.54. The predicted molar refractivity (Wildman–Crippen MR) is 97.0 cm³/mol. The number of carbonyl (C=O) groups is 2. The maximum Gasteiger partial charge on any atom is 0.268 e. The van der Waals surface area contributed by atoms with Gasteiger partial charge in [-0.25, -0.2) is 0 Å². The average molecular weight is 369 g/mol. The Morgan fingerprint density at radius 1 is 1.33 bits per heavy atom. The van der Waals surface area contributed by atoms with E-state index in [0.717, 1.165) is 17.9 Å². The molecule has 1 atom stereocenters. The molecule has 1 aliphatic carbocycles. The van der Waals surface area contributed by atoms with Crippen molar-refractivity contribution in [2.75, 3.05) is 19.8 Å². The van der Waals surface area contributed by atoms with Gasteiger partial charge < -0.3 is 15.4 Å². The molecule has 0 bridgehead atoms. The van der Waals surface area contributed by atoms with Crippen LogP contribution in [0.5, 0.6) is 0 Å². The molecule has 3 heterocycles. The van der Waals surface area contributed by atoms with E-state index in [2.05, 4.69) is 10.1 Å². The van der Waals surface area contributed by atoms with Crippen molar-refractivity contribution in [2.45, 2.75) is 25.3 Å². The Kier molecular flexibility index (Phi) is 4.65. The van der Waals surface area contributed by atoms with Crippen LogP contribution in [0.25, 0.3) is 0 Å².